The first-order chi connectivity index (χ1) is 46.3. The van der Waals surface area contributed by atoms with E-state index in [0.717, 1.165) is 34.1 Å². The Balaban J connectivity index is 0.000000162. The maximum absolute atomic E-state index is 9.61. The first kappa shape index (κ1) is 60.7. The van der Waals surface area contributed by atoms with Gasteiger partial charge in [-0.25, -0.2) is 0 Å². The Morgan fingerprint density at radius 3 is 1.22 bits per heavy atom. The third-order valence-corrected chi connectivity index (χ3v) is 28.5. The molecular formula is C88H68Ge2N4S. The summed E-state index contributed by atoms with van der Waals surface area (Å²) < 4.78 is 2.93. The van der Waals surface area contributed by atoms with E-state index in [1.165, 1.54) is 117 Å². The van der Waals surface area contributed by atoms with Crippen LogP contribution in [-0.2, 0) is 0 Å². The summed E-state index contributed by atoms with van der Waals surface area (Å²) in [4.78, 5) is 10.9. The molecule has 0 N–H and O–H groups in total. The average molecular weight is 1360 g/mol. The predicted octanol–water partition coefficient (Wildman–Crippen LogP) is 24.9. The van der Waals surface area contributed by atoms with Crippen molar-refractivity contribution >= 4 is 151 Å². The molecule has 7 heteroatoms. The van der Waals surface area contributed by atoms with Gasteiger partial charge >= 0.3 is 326 Å². The van der Waals surface area contributed by atoms with Gasteiger partial charge in [-0.05, 0) is 90.0 Å². The minimum Gasteiger partial charge on any atom is -0.135 e. The van der Waals surface area contributed by atoms with Crippen LogP contribution in [0.15, 0.2) is 303 Å². The van der Waals surface area contributed by atoms with Crippen molar-refractivity contribution in [2.75, 3.05) is 9.80 Å². The first-order valence-corrected chi connectivity index (χ1v) is 48.0. The molecule has 0 aliphatic heterocycles. The predicted molar refractivity (Wildman–Crippen MR) is 415 cm³/mol. The molecular weight excluding hydrogens is 1290 g/mol. The van der Waals surface area contributed by atoms with Crippen molar-refractivity contribution in [3.05, 3.63) is 320 Å². The van der Waals surface area contributed by atoms with Gasteiger partial charge in [0.15, 0.2) is 0 Å². The fourth-order valence-corrected chi connectivity index (χ4v) is 19.7. The first-order valence-electron chi connectivity index (χ1n) is 32.5. The van der Waals surface area contributed by atoms with Crippen LogP contribution in [0.3, 0.4) is 0 Å². The van der Waals surface area contributed by atoms with E-state index < -0.39 is 26.5 Å². The molecule has 0 amide bonds. The molecule has 0 unspecified atom stereocenters. The molecule has 15 aromatic carbocycles. The van der Waals surface area contributed by atoms with Crippen LogP contribution in [-0.4, -0.2) is 26.5 Å². The van der Waals surface area contributed by atoms with Gasteiger partial charge in [-0.15, -0.1) is 11.3 Å². The standard InChI is InChI=1S/C48H42Ge2N4.C40H26S/c1-49(2,3)36-14-22-40(23-15-36)53(39-20-8-33(32-51)9-21-39)45-30-12-34-11-29-44-46(31-13-35-10-28-43(45)47(34)48(35)44)54(42-26-18-38(52-7)19-27-42)41-24-16-37(17-25-41)50(4,5)6;1-2-12-28(13-3-1)37-23-24-38(41-37)30-15-10-16-31(26-30)39-33-17-6-8-19-35(33)40(36-20-9-7-18-34(36)39)32-22-21-27-11-4-5-14-29(27)25-32/h8-31H,1-6H3;1-26H. The molecule has 16 rings (SSSR count). The molecule has 0 radical (unpaired) electrons. The largest absolute Gasteiger partial charge is 0.135 e. The molecule has 0 atom stereocenters. The number of anilines is 6. The maximum Gasteiger partial charge on any atom is 0.0349 e. The molecule has 0 saturated carbocycles. The van der Waals surface area contributed by atoms with E-state index in [-0.39, 0.29) is 0 Å². The van der Waals surface area contributed by atoms with E-state index in [4.69, 9.17) is 6.57 Å². The molecule has 1 heterocycles. The number of hydrogen-bond donors (Lipinski definition) is 0. The smallest absolute Gasteiger partial charge is 0.0349 e. The van der Waals surface area contributed by atoms with Gasteiger partial charge in [0.25, 0.3) is 0 Å². The van der Waals surface area contributed by atoms with Crippen LogP contribution in [0, 0.1) is 17.9 Å². The van der Waals surface area contributed by atoms with Crippen molar-refractivity contribution in [1.82, 2.24) is 0 Å². The zero-order chi connectivity index (χ0) is 65.0. The monoisotopic (exact) mass is 1360 g/mol. The molecule has 0 aliphatic rings. The Kier molecular flexibility index (Phi) is 16.0. The molecule has 0 spiro atoms. The zero-order valence-corrected chi connectivity index (χ0v) is 59.1. The Bertz CT molecular complexity index is 5390. The summed E-state index contributed by atoms with van der Waals surface area (Å²) in [6.45, 7) is 7.57. The summed E-state index contributed by atoms with van der Waals surface area (Å²) in [7, 11) is 0. The molecule has 454 valence electrons. The van der Waals surface area contributed by atoms with E-state index in [2.05, 4.69) is 334 Å². The van der Waals surface area contributed by atoms with Crippen LogP contribution in [0.1, 0.15) is 5.56 Å². The van der Waals surface area contributed by atoms with Crippen LogP contribution >= 0.6 is 11.3 Å². The summed E-state index contributed by atoms with van der Waals surface area (Å²) in [5.41, 5.74) is 15.2. The van der Waals surface area contributed by atoms with E-state index in [1.807, 2.05) is 35.6 Å². The van der Waals surface area contributed by atoms with Crippen LogP contribution in [0.2, 0.25) is 34.5 Å². The maximum atomic E-state index is 9.61. The van der Waals surface area contributed by atoms with Gasteiger partial charge < -0.3 is 0 Å². The molecule has 0 saturated heterocycles. The van der Waals surface area contributed by atoms with Gasteiger partial charge in [0.05, 0.1) is 0 Å². The molecule has 16 aromatic rings. The van der Waals surface area contributed by atoms with Crippen molar-refractivity contribution in [3.8, 4) is 49.2 Å². The Morgan fingerprint density at radius 1 is 0.337 bits per heavy atom. The van der Waals surface area contributed by atoms with Crippen LogP contribution < -0.4 is 18.6 Å². The minimum absolute atomic E-state index is 0.625. The average Bonchev–Trinajstić information content (AvgIpc) is 0.949. The Morgan fingerprint density at radius 2 is 0.737 bits per heavy atom. The Labute approximate surface area is 565 Å². The van der Waals surface area contributed by atoms with E-state index in [1.54, 1.807) is 0 Å². The van der Waals surface area contributed by atoms with Crippen LogP contribution in [0.5, 0.6) is 0 Å². The second-order valence-electron chi connectivity index (χ2n) is 26.7. The van der Waals surface area contributed by atoms with Crippen LogP contribution in [0.4, 0.5) is 39.8 Å². The minimum atomic E-state index is -2.04. The third kappa shape index (κ3) is 11.6. The number of thiophene rings is 1. The van der Waals surface area contributed by atoms with Gasteiger partial charge in [0.2, 0.25) is 0 Å². The summed E-state index contributed by atoms with van der Waals surface area (Å²) in [6.07, 6.45) is 0. The zero-order valence-electron chi connectivity index (χ0n) is 54.1. The molecule has 0 aliphatic carbocycles. The third-order valence-electron chi connectivity index (χ3n) is 18.6. The van der Waals surface area contributed by atoms with Crippen molar-refractivity contribution in [3.63, 3.8) is 0 Å². The molecule has 0 fully saturated rings. The van der Waals surface area contributed by atoms with Gasteiger partial charge in [-0.2, -0.15) is 0 Å². The summed E-state index contributed by atoms with van der Waals surface area (Å²) >= 11 is -2.22. The number of nitriles is 1. The van der Waals surface area contributed by atoms with Gasteiger partial charge in [-0.3, -0.25) is 0 Å². The van der Waals surface area contributed by atoms with Crippen molar-refractivity contribution in [2.24, 2.45) is 0 Å². The normalized spacial score (nSPS) is 11.7. The summed E-state index contributed by atoms with van der Waals surface area (Å²) in [5, 5.41) is 24.4. The number of rotatable bonds is 12. The van der Waals surface area contributed by atoms with Crippen molar-refractivity contribution in [2.45, 2.75) is 34.5 Å². The van der Waals surface area contributed by atoms with Crippen LogP contribution in [0.25, 0.3) is 113 Å². The SMILES string of the molecule is [C-]#[N+]c1ccc(N(c2cc[c]([Ge]([CH3])([CH3])[CH3])cc2)c2ccc3ccc4c(N(c5ccc(C#N)cc5)c5cc[c]([Ge]([CH3])([CH3])[CH3])cc5)ccc5ccc2c3c54)cc1.c1ccc(-c2ccc(-c3cccc(-c4c5ccccc5c(-c5ccc6ccccc6c5)c5ccccc45)c3)s2)cc1. The van der Waals surface area contributed by atoms with Gasteiger partial charge in [-0.1, -0.05) is 133 Å². The van der Waals surface area contributed by atoms with E-state index >= 15 is 0 Å². The second kappa shape index (κ2) is 25.1. The van der Waals surface area contributed by atoms with Crippen molar-refractivity contribution < 1.29 is 0 Å². The van der Waals surface area contributed by atoms with Crippen molar-refractivity contribution in [1.29, 1.82) is 5.26 Å². The second-order valence-corrected chi connectivity index (χ2v) is 49.0. The fraction of sp³-hybridized carbons (Fsp3) is 0.0682. The molecule has 0 bridgehead atoms. The number of benzene rings is 15. The summed E-state index contributed by atoms with van der Waals surface area (Å²) in [6, 6.07) is 112. The number of nitrogens with zero attached hydrogens (tertiary/aromatic N) is 4. The fourth-order valence-electron chi connectivity index (χ4n) is 13.8. The quantitative estimate of drug-likeness (QED) is 0.0529. The molecule has 4 nitrogen and oxygen atoms in total. The van der Waals surface area contributed by atoms with E-state index in [9.17, 15) is 5.26 Å². The molecule has 1 aromatic heterocycles. The van der Waals surface area contributed by atoms with E-state index in [0.29, 0.717) is 11.3 Å². The summed E-state index contributed by atoms with van der Waals surface area (Å²) in [5.74, 6) is 14.6. The van der Waals surface area contributed by atoms with Gasteiger partial charge in [0.1, 0.15) is 0 Å². The Hall–Kier alpha value is -10.5. The topological polar surface area (TPSA) is 34.6 Å². The number of fused-ring (bicyclic) bond motifs is 3. The molecule has 95 heavy (non-hydrogen) atoms. The number of hydrogen-bond acceptors (Lipinski definition) is 4. The van der Waals surface area contributed by atoms with Gasteiger partial charge in [0, 0.05) is 9.75 Å².